The Bertz CT molecular complexity index is 1010. The molecular formula is C25H30N2OS. The molecule has 0 saturated heterocycles. The van der Waals surface area contributed by atoms with Gasteiger partial charge in [0.1, 0.15) is 5.60 Å². The number of fused-ring (bicyclic) bond motifs is 4. The Labute approximate surface area is 177 Å². The highest BCUT2D eigenvalue weighted by molar-refractivity contribution is 7.99. The summed E-state index contributed by atoms with van der Waals surface area (Å²) in [5, 5.41) is 1.77. The lowest BCUT2D eigenvalue weighted by molar-refractivity contribution is -0.108. The summed E-state index contributed by atoms with van der Waals surface area (Å²) >= 11 is 1.97. The highest BCUT2D eigenvalue weighted by Gasteiger charge is 2.54. The summed E-state index contributed by atoms with van der Waals surface area (Å²) in [6.07, 6.45) is 6.46. The fraction of sp³-hybridized carbons (Fsp3) is 0.440. The van der Waals surface area contributed by atoms with Crippen LogP contribution in [0.5, 0.6) is 0 Å². The number of para-hydroxylation sites is 1. The van der Waals surface area contributed by atoms with Crippen molar-refractivity contribution < 1.29 is 4.74 Å². The van der Waals surface area contributed by atoms with Gasteiger partial charge in [-0.1, -0.05) is 48.5 Å². The van der Waals surface area contributed by atoms with E-state index in [4.69, 9.17) is 4.74 Å². The number of rotatable bonds is 3. The molecule has 2 aliphatic rings. The van der Waals surface area contributed by atoms with Crippen molar-refractivity contribution in [1.82, 2.24) is 9.88 Å². The molecule has 0 amide bonds. The molecule has 1 saturated carbocycles. The number of hydrogen-bond donors (Lipinski definition) is 1. The second-order valence-corrected chi connectivity index (χ2v) is 9.77. The maximum absolute atomic E-state index is 6.70. The van der Waals surface area contributed by atoms with Crippen molar-refractivity contribution >= 4 is 22.7 Å². The van der Waals surface area contributed by atoms with Crippen LogP contribution in [-0.2, 0) is 22.3 Å². The summed E-state index contributed by atoms with van der Waals surface area (Å²) in [6, 6.07) is 19.8. The van der Waals surface area contributed by atoms with Gasteiger partial charge in [0, 0.05) is 21.7 Å². The lowest BCUT2D eigenvalue weighted by Crippen LogP contribution is -2.56. The maximum Gasteiger partial charge on any atom is 0.120 e. The molecule has 1 spiro atoms. The zero-order chi connectivity index (χ0) is 20.1. The van der Waals surface area contributed by atoms with Crippen LogP contribution in [0.15, 0.2) is 54.6 Å². The lowest BCUT2D eigenvalue weighted by Gasteiger charge is -2.54. The maximum atomic E-state index is 6.70. The van der Waals surface area contributed by atoms with E-state index in [-0.39, 0.29) is 11.1 Å². The van der Waals surface area contributed by atoms with Gasteiger partial charge in [-0.15, -0.1) is 0 Å². The summed E-state index contributed by atoms with van der Waals surface area (Å²) in [7, 11) is 4.47. The number of nitrogens with one attached hydrogen (secondary N) is 1. The van der Waals surface area contributed by atoms with Gasteiger partial charge in [0.15, 0.2) is 0 Å². The van der Waals surface area contributed by atoms with Crippen LogP contribution in [0.3, 0.4) is 0 Å². The largest absolute Gasteiger partial charge is 0.367 e. The van der Waals surface area contributed by atoms with Crippen molar-refractivity contribution in [3.63, 3.8) is 0 Å². The van der Waals surface area contributed by atoms with Gasteiger partial charge in [0.25, 0.3) is 0 Å². The van der Waals surface area contributed by atoms with Crippen molar-refractivity contribution in [2.45, 2.75) is 42.1 Å². The van der Waals surface area contributed by atoms with Gasteiger partial charge in [-0.05, 0) is 63.2 Å². The third kappa shape index (κ3) is 2.80. The van der Waals surface area contributed by atoms with Crippen molar-refractivity contribution in [2.24, 2.45) is 0 Å². The number of benzene rings is 2. The second kappa shape index (κ2) is 7.19. The molecule has 1 fully saturated rings. The number of nitrogens with zero attached hydrogens (tertiary/aromatic N) is 1. The van der Waals surface area contributed by atoms with E-state index in [9.17, 15) is 0 Å². The first kappa shape index (κ1) is 19.2. The van der Waals surface area contributed by atoms with Gasteiger partial charge in [-0.2, -0.15) is 11.8 Å². The number of ether oxygens (including phenoxy) is 1. The fourth-order valence-corrected chi connectivity index (χ4v) is 6.88. The van der Waals surface area contributed by atoms with E-state index in [0.717, 1.165) is 32.3 Å². The first-order valence-electron chi connectivity index (χ1n) is 10.6. The zero-order valence-electron chi connectivity index (χ0n) is 17.6. The third-order valence-electron chi connectivity index (χ3n) is 7.35. The third-order valence-corrected chi connectivity index (χ3v) is 8.47. The Morgan fingerprint density at radius 3 is 2.55 bits per heavy atom. The molecular weight excluding hydrogens is 376 g/mol. The second-order valence-electron chi connectivity index (χ2n) is 8.73. The summed E-state index contributed by atoms with van der Waals surface area (Å²) in [6.45, 7) is 0.812. The highest BCUT2D eigenvalue weighted by Crippen LogP contribution is 2.55. The van der Waals surface area contributed by atoms with Crippen LogP contribution in [0.4, 0.5) is 0 Å². The van der Waals surface area contributed by atoms with Gasteiger partial charge in [-0.25, -0.2) is 0 Å². The Morgan fingerprint density at radius 2 is 1.79 bits per heavy atom. The minimum absolute atomic E-state index is 0.0488. The number of aromatic amines is 1. The van der Waals surface area contributed by atoms with E-state index in [1.54, 1.807) is 0 Å². The molecule has 3 atom stereocenters. The van der Waals surface area contributed by atoms with Crippen LogP contribution in [0, 0.1) is 0 Å². The van der Waals surface area contributed by atoms with Crippen LogP contribution in [0.1, 0.15) is 36.1 Å². The highest BCUT2D eigenvalue weighted by atomic mass is 32.2. The van der Waals surface area contributed by atoms with Crippen LogP contribution < -0.4 is 0 Å². The van der Waals surface area contributed by atoms with Gasteiger partial charge in [0.05, 0.1) is 12.3 Å². The van der Waals surface area contributed by atoms with Crippen molar-refractivity contribution in [1.29, 1.82) is 0 Å². The van der Waals surface area contributed by atoms with Crippen molar-refractivity contribution in [3.8, 4) is 0 Å². The van der Waals surface area contributed by atoms with Crippen LogP contribution >= 0.6 is 11.8 Å². The minimum Gasteiger partial charge on any atom is -0.367 e. The Hall–Kier alpha value is -1.75. The summed E-state index contributed by atoms with van der Waals surface area (Å²) in [4.78, 5) is 6.22. The molecule has 3 aromatic rings. The molecule has 2 aromatic carbocycles. The number of hydrogen-bond acceptors (Lipinski definition) is 3. The molecule has 0 bridgehead atoms. The molecule has 1 aliphatic heterocycles. The zero-order valence-corrected chi connectivity index (χ0v) is 18.4. The lowest BCUT2D eigenvalue weighted by atomic mass is 9.67. The number of thioether (sulfide) groups is 1. The summed E-state index contributed by atoms with van der Waals surface area (Å²) in [5.74, 6) is 0. The molecule has 152 valence electrons. The fourth-order valence-electron chi connectivity index (χ4n) is 5.76. The Morgan fingerprint density at radius 1 is 1.03 bits per heavy atom. The van der Waals surface area contributed by atoms with Gasteiger partial charge in [-0.3, -0.25) is 4.90 Å². The monoisotopic (exact) mass is 406 g/mol. The smallest absolute Gasteiger partial charge is 0.120 e. The number of H-pyrrole nitrogens is 1. The average Bonchev–Trinajstić information content (AvgIpc) is 3.15. The van der Waals surface area contributed by atoms with E-state index in [1.807, 2.05) is 11.8 Å². The van der Waals surface area contributed by atoms with E-state index < -0.39 is 0 Å². The predicted octanol–water partition coefficient (Wildman–Crippen LogP) is 5.31. The summed E-state index contributed by atoms with van der Waals surface area (Å²) in [5.41, 5.74) is 5.31. The topological polar surface area (TPSA) is 28.3 Å². The first-order valence-corrected chi connectivity index (χ1v) is 11.9. The van der Waals surface area contributed by atoms with E-state index in [1.165, 1.54) is 27.7 Å². The molecule has 29 heavy (non-hydrogen) atoms. The molecule has 0 radical (unpaired) electrons. The molecule has 2 heterocycles. The van der Waals surface area contributed by atoms with Crippen molar-refractivity contribution in [3.05, 3.63) is 71.4 Å². The van der Waals surface area contributed by atoms with E-state index in [2.05, 4.69) is 84.8 Å². The first-order chi connectivity index (χ1) is 14.1. The summed E-state index contributed by atoms with van der Waals surface area (Å²) < 4.78 is 6.70. The van der Waals surface area contributed by atoms with E-state index in [0.29, 0.717) is 5.25 Å². The molecule has 1 N–H and O–H groups in total. The molecule has 3 unspecified atom stereocenters. The van der Waals surface area contributed by atoms with Crippen LogP contribution in [-0.4, -0.2) is 42.1 Å². The van der Waals surface area contributed by atoms with E-state index >= 15 is 0 Å². The minimum atomic E-state index is -0.222. The predicted molar refractivity (Wildman–Crippen MR) is 123 cm³/mol. The Kier molecular flexibility index (Phi) is 4.77. The van der Waals surface area contributed by atoms with Crippen molar-refractivity contribution in [2.75, 3.05) is 27.0 Å². The van der Waals surface area contributed by atoms with Gasteiger partial charge in [0.2, 0.25) is 0 Å². The quantitative estimate of drug-likeness (QED) is 0.639. The molecule has 3 nitrogen and oxygen atoms in total. The van der Waals surface area contributed by atoms with Gasteiger partial charge >= 0.3 is 0 Å². The molecule has 1 aromatic heterocycles. The van der Waals surface area contributed by atoms with Crippen LogP contribution in [0.2, 0.25) is 0 Å². The standard InChI is InChI=1S/C25H30N2OS/c1-27(2)24(18-9-5-4-6-10-18)14-15-25(22(17-24)29-3)23-20(13-16-28-25)19-11-7-8-12-21(19)26-23/h4-12,22,26H,13-17H2,1-3H3. The Balaban J connectivity index is 1.61. The number of aromatic nitrogens is 1. The average molecular weight is 407 g/mol. The van der Waals surface area contributed by atoms with Gasteiger partial charge < -0.3 is 9.72 Å². The molecule has 4 heteroatoms. The normalized spacial score (nSPS) is 29.4. The molecule has 5 rings (SSSR count). The van der Waals surface area contributed by atoms with Crippen LogP contribution in [0.25, 0.3) is 10.9 Å². The SMILES string of the molecule is CSC1CC(c2ccccc2)(N(C)C)CCC12OCCc1c2[nH]c2ccccc12. The molecule has 1 aliphatic carbocycles.